The molecule has 1 saturated heterocycles. The van der Waals surface area contributed by atoms with Gasteiger partial charge in [-0.3, -0.25) is 4.79 Å². The van der Waals surface area contributed by atoms with Crippen LogP contribution in [0, 0.1) is 0 Å². The van der Waals surface area contributed by atoms with Gasteiger partial charge in [-0.15, -0.1) is 0 Å². The van der Waals surface area contributed by atoms with Gasteiger partial charge in [0.25, 0.3) is 0 Å². The van der Waals surface area contributed by atoms with Crippen molar-refractivity contribution < 1.29 is 14.7 Å². The minimum Gasteiger partial charge on any atom is -0.480 e. The standard InChI is InChI=1S/C9H17N3O3/c10-7(8(13)14)6-11-9(15)12-4-2-1-3-5-12/h7H,1-6,10H2,(H,11,15)(H,13,14). The van der Waals surface area contributed by atoms with Crippen LogP contribution in [0.2, 0.25) is 0 Å². The average Bonchev–Trinajstić information content (AvgIpc) is 2.26. The minimum absolute atomic E-state index is 0.0231. The molecule has 0 aromatic rings. The van der Waals surface area contributed by atoms with E-state index < -0.39 is 12.0 Å². The van der Waals surface area contributed by atoms with E-state index in [0.29, 0.717) is 0 Å². The van der Waals surface area contributed by atoms with Crippen molar-refractivity contribution in [1.29, 1.82) is 0 Å². The first kappa shape index (κ1) is 11.8. The van der Waals surface area contributed by atoms with E-state index in [2.05, 4.69) is 5.32 Å². The quantitative estimate of drug-likeness (QED) is 0.596. The van der Waals surface area contributed by atoms with E-state index in [9.17, 15) is 9.59 Å². The molecule has 86 valence electrons. The molecule has 0 saturated carbocycles. The first-order chi connectivity index (χ1) is 7.11. The number of nitrogens with one attached hydrogen (secondary N) is 1. The summed E-state index contributed by atoms with van der Waals surface area (Å²) in [4.78, 5) is 23.6. The van der Waals surface area contributed by atoms with E-state index in [1.165, 1.54) is 0 Å². The second kappa shape index (κ2) is 5.55. The highest BCUT2D eigenvalue weighted by Crippen LogP contribution is 2.08. The number of hydrogen-bond acceptors (Lipinski definition) is 3. The minimum atomic E-state index is -1.10. The Morgan fingerprint density at radius 2 is 1.93 bits per heavy atom. The van der Waals surface area contributed by atoms with Crippen LogP contribution < -0.4 is 11.1 Å². The van der Waals surface area contributed by atoms with Crippen molar-refractivity contribution in [3.05, 3.63) is 0 Å². The highest BCUT2D eigenvalue weighted by molar-refractivity contribution is 5.77. The van der Waals surface area contributed by atoms with E-state index in [1.807, 2.05) is 0 Å². The first-order valence-electron chi connectivity index (χ1n) is 5.12. The predicted octanol–water partition coefficient (Wildman–Crippen LogP) is -0.406. The van der Waals surface area contributed by atoms with Crippen molar-refractivity contribution in [2.45, 2.75) is 25.3 Å². The summed E-state index contributed by atoms with van der Waals surface area (Å²) in [5, 5.41) is 11.0. The zero-order valence-corrected chi connectivity index (χ0v) is 8.61. The molecule has 0 aromatic heterocycles. The monoisotopic (exact) mass is 215 g/mol. The predicted molar refractivity (Wildman–Crippen MR) is 54.4 cm³/mol. The smallest absolute Gasteiger partial charge is 0.322 e. The maximum atomic E-state index is 11.5. The summed E-state index contributed by atoms with van der Waals surface area (Å²) < 4.78 is 0. The molecule has 15 heavy (non-hydrogen) atoms. The largest absolute Gasteiger partial charge is 0.480 e. The lowest BCUT2D eigenvalue weighted by atomic mass is 10.1. The summed E-state index contributed by atoms with van der Waals surface area (Å²) in [5.74, 6) is -1.10. The molecule has 4 N–H and O–H groups in total. The number of carbonyl (C=O) groups excluding carboxylic acids is 1. The molecule has 6 nitrogen and oxygen atoms in total. The number of likely N-dealkylation sites (tertiary alicyclic amines) is 1. The van der Waals surface area contributed by atoms with Crippen LogP contribution >= 0.6 is 0 Å². The van der Waals surface area contributed by atoms with E-state index in [-0.39, 0.29) is 12.6 Å². The number of rotatable bonds is 3. The molecule has 1 aliphatic rings. The van der Waals surface area contributed by atoms with Crippen molar-refractivity contribution in [1.82, 2.24) is 10.2 Å². The van der Waals surface area contributed by atoms with Gasteiger partial charge >= 0.3 is 12.0 Å². The number of carbonyl (C=O) groups is 2. The van der Waals surface area contributed by atoms with Crippen LogP contribution in [0.25, 0.3) is 0 Å². The molecule has 1 fully saturated rings. The third kappa shape index (κ3) is 3.75. The summed E-state index contributed by atoms with van der Waals surface area (Å²) in [6.07, 6.45) is 3.18. The van der Waals surface area contributed by atoms with Crippen LogP contribution in [0.3, 0.4) is 0 Å². The fourth-order valence-corrected chi connectivity index (χ4v) is 1.49. The Kier molecular flexibility index (Phi) is 4.36. The number of carboxylic acids is 1. The lowest BCUT2D eigenvalue weighted by molar-refractivity contribution is -0.138. The fraction of sp³-hybridized carbons (Fsp3) is 0.778. The van der Waals surface area contributed by atoms with Gasteiger partial charge in [-0.1, -0.05) is 0 Å². The zero-order valence-electron chi connectivity index (χ0n) is 8.61. The number of nitrogens with zero attached hydrogens (tertiary/aromatic N) is 1. The van der Waals surface area contributed by atoms with Crippen LogP contribution in [-0.4, -0.2) is 47.7 Å². The highest BCUT2D eigenvalue weighted by atomic mass is 16.4. The van der Waals surface area contributed by atoms with Crippen LogP contribution in [0.1, 0.15) is 19.3 Å². The Bertz CT molecular complexity index is 239. The second-order valence-electron chi connectivity index (χ2n) is 3.68. The topological polar surface area (TPSA) is 95.7 Å². The Balaban J connectivity index is 2.25. The summed E-state index contributed by atoms with van der Waals surface area (Å²) in [6.45, 7) is 1.47. The number of urea groups is 1. The van der Waals surface area contributed by atoms with Crippen LogP contribution in [0.15, 0.2) is 0 Å². The van der Waals surface area contributed by atoms with E-state index >= 15 is 0 Å². The number of aliphatic carboxylic acids is 1. The van der Waals surface area contributed by atoms with Crippen molar-refractivity contribution >= 4 is 12.0 Å². The van der Waals surface area contributed by atoms with Crippen LogP contribution in [-0.2, 0) is 4.79 Å². The molecule has 0 aromatic carbocycles. The fourth-order valence-electron chi connectivity index (χ4n) is 1.49. The van der Waals surface area contributed by atoms with Gasteiger partial charge in [0.05, 0.1) is 0 Å². The summed E-state index contributed by atoms with van der Waals surface area (Å²) in [7, 11) is 0. The summed E-state index contributed by atoms with van der Waals surface area (Å²) in [6, 6.07) is -1.25. The first-order valence-corrected chi connectivity index (χ1v) is 5.12. The molecular formula is C9H17N3O3. The molecule has 0 bridgehead atoms. The molecule has 1 rings (SSSR count). The number of hydrogen-bond donors (Lipinski definition) is 3. The van der Waals surface area contributed by atoms with E-state index in [4.69, 9.17) is 10.8 Å². The maximum absolute atomic E-state index is 11.5. The second-order valence-corrected chi connectivity index (χ2v) is 3.68. The molecule has 0 radical (unpaired) electrons. The molecule has 1 heterocycles. The van der Waals surface area contributed by atoms with Crippen molar-refractivity contribution in [2.24, 2.45) is 5.73 Å². The molecule has 1 aliphatic heterocycles. The molecule has 0 spiro atoms. The normalized spacial score (nSPS) is 18.3. The van der Waals surface area contributed by atoms with Gasteiger partial charge in [0.2, 0.25) is 0 Å². The highest BCUT2D eigenvalue weighted by Gasteiger charge is 2.18. The van der Waals surface area contributed by atoms with Gasteiger partial charge in [0, 0.05) is 19.6 Å². The maximum Gasteiger partial charge on any atom is 0.322 e. The van der Waals surface area contributed by atoms with E-state index in [0.717, 1.165) is 32.4 Å². The van der Waals surface area contributed by atoms with Gasteiger partial charge in [0.15, 0.2) is 0 Å². The Labute approximate surface area is 88.4 Å². The van der Waals surface area contributed by atoms with Crippen LogP contribution in [0.4, 0.5) is 4.79 Å². The number of amides is 2. The SMILES string of the molecule is NC(CNC(=O)N1CCCCC1)C(=O)O. The third-order valence-corrected chi connectivity index (χ3v) is 2.43. The van der Waals surface area contributed by atoms with E-state index in [1.54, 1.807) is 4.90 Å². The Morgan fingerprint density at radius 1 is 1.33 bits per heavy atom. The number of nitrogens with two attached hydrogens (primary N) is 1. The van der Waals surface area contributed by atoms with Gasteiger partial charge in [-0.05, 0) is 19.3 Å². The van der Waals surface area contributed by atoms with Gasteiger partial charge in [-0.25, -0.2) is 4.79 Å². The van der Waals surface area contributed by atoms with Crippen molar-refractivity contribution in [3.63, 3.8) is 0 Å². The summed E-state index contributed by atoms with van der Waals surface area (Å²) >= 11 is 0. The van der Waals surface area contributed by atoms with Gasteiger partial charge < -0.3 is 21.1 Å². The van der Waals surface area contributed by atoms with Crippen LogP contribution in [0.5, 0.6) is 0 Å². The molecule has 2 amide bonds. The number of carboxylic acid groups (broad SMARTS) is 1. The molecule has 0 aliphatic carbocycles. The zero-order chi connectivity index (χ0) is 11.3. The van der Waals surface area contributed by atoms with Gasteiger partial charge in [-0.2, -0.15) is 0 Å². The molecule has 1 unspecified atom stereocenters. The third-order valence-electron chi connectivity index (χ3n) is 2.43. The lowest BCUT2D eigenvalue weighted by Crippen LogP contribution is -2.48. The van der Waals surface area contributed by atoms with Crippen molar-refractivity contribution in [3.8, 4) is 0 Å². The number of piperidine rings is 1. The average molecular weight is 215 g/mol. The molecular weight excluding hydrogens is 198 g/mol. The summed E-state index contributed by atoms with van der Waals surface area (Å²) in [5.41, 5.74) is 5.26. The van der Waals surface area contributed by atoms with Gasteiger partial charge in [0.1, 0.15) is 6.04 Å². The Morgan fingerprint density at radius 3 is 2.47 bits per heavy atom. The molecule has 6 heteroatoms. The lowest BCUT2D eigenvalue weighted by Gasteiger charge is -2.27. The Hall–Kier alpha value is -1.30. The molecule has 1 atom stereocenters. The van der Waals surface area contributed by atoms with Crippen molar-refractivity contribution in [2.75, 3.05) is 19.6 Å².